The van der Waals surface area contributed by atoms with Gasteiger partial charge in [-0.2, -0.15) is 18.3 Å². The SMILES string of the molecule is Cc1cc(OCc2ccc(C(=O)NCCCn3nc(C(F)(F)F)cc3C3CC3)o2)ccc1Cl. The predicted molar refractivity (Wildman–Crippen MR) is 115 cm³/mol. The Hall–Kier alpha value is -2.94. The first-order valence-electron chi connectivity index (χ1n) is 10.6. The molecule has 1 aliphatic rings. The van der Waals surface area contributed by atoms with Crippen LogP contribution in [0.1, 0.15) is 58.4 Å². The Kier molecular flexibility index (Phi) is 6.69. The molecule has 1 amide bonds. The van der Waals surface area contributed by atoms with Crippen LogP contribution in [-0.2, 0) is 19.3 Å². The molecule has 0 unspecified atom stereocenters. The maximum absolute atomic E-state index is 13.0. The molecule has 4 rings (SSSR count). The van der Waals surface area contributed by atoms with Crippen molar-refractivity contribution in [3.63, 3.8) is 0 Å². The zero-order valence-electron chi connectivity index (χ0n) is 17.9. The Labute approximate surface area is 193 Å². The van der Waals surface area contributed by atoms with Crippen LogP contribution in [-0.4, -0.2) is 22.2 Å². The van der Waals surface area contributed by atoms with Gasteiger partial charge in [0.15, 0.2) is 11.5 Å². The number of carbonyl (C=O) groups is 1. The maximum atomic E-state index is 13.0. The van der Waals surface area contributed by atoms with Crippen LogP contribution in [0.2, 0.25) is 5.02 Å². The van der Waals surface area contributed by atoms with Crippen LogP contribution < -0.4 is 10.1 Å². The first-order chi connectivity index (χ1) is 15.7. The van der Waals surface area contributed by atoms with Crippen molar-refractivity contribution in [3.05, 3.63) is 69.9 Å². The van der Waals surface area contributed by atoms with Crippen LogP contribution in [0, 0.1) is 6.92 Å². The highest BCUT2D eigenvalue weighted by Crippen LogP contribution is 2.42. The fourth-order valence-electron chi connectivity index (χ4n) is 3.41. The van der Waals surface area contributed by atoms with Gasteiger partial charge in [-0.1, -0.05) is 11.6 Å². The van der Waals surface area contributed by atoms with Crippen LogP contribution in [0.25, 0.3) is 0 Å². The third kappa shape index (κ3) is 5.90. The number of benzene rings is 1. The van der Waals surface area contributed by atoms with Crippen molar-refractivity contribution in [2.45, 2.75) is 51.4 Å². The van der Waals surface area contributed by atoms with E-state index in [1.54, 1.807) is 24.3 Å². The quantitative estimate of drug-likeness (QED) is 0.396. The van der Waals surface area contributed by atoms with E-state index in [-0.39, 0.29) is 24.8 Å². The monoisotopic (exact) mass is 481 g/mol. The topological polar surface area (TPSA) is 69.3 Å². The lowest BCUT2D eigenvalue weighted by atomic mass is 10.2. The number of hydrogen-bond donors (Lipinski definition) is 1. The van der Waals surface area contributed by atoms with Crippen LogP contribution in [0.3, 0.4) is 0 Å². The maximum Gasteiger partial charge on any atom is 0.435 e. The predicted octanol–water partition coefficient (Wildman–Crippen LogP) is 5.73. The molecule has 1 saturated carbocycles. The van der Waals surface area contributed by atoms with E-state index < -0.39 is 17.8 Å². The van der Waals surface area contributed by atoms with E-state index in [2.05, 4.69) is 10.4 Å². The van der Waals surface area contributed by atoms with Gasteiger partial charge < -0.3 is 14.5 Å². The highest BCUT2D eigenvalue weighted by atomic mass is 35.5. The lowest BCUT2D eigenvalue weighted by Crippen LogP contribution is -2.25. The number of rotatable bonds is 9. The second kappa shape index (κ2) is 9.51. The summed E-state index contributed by atoms with van der Waals surface area (Å²) in [7, 11) is 0. The second-order valence-electron chi connectivity index (χ2n) is 8.02. The van der Waals surface area contributed by atoms with Gasteiger partial charge in [-0.05, 0) is 68.1 Å². The standard InChI is InChI=1S/C23H23ClF3N3O3/c1-14-11-16(5-7-18(14)24)32-13-17-6-8-20(33-17)22(31)28-9-2-10-30-19(15-3-4-15)12-21(29-30)23(25,26)27/h5-8,11-12,15H,2-4,9-10,13H2,1H3,(H,28,31). The van der Waals surface area contributed by atoms with Crippen molar-refractivity contribution in [1.82, 2.24) is 15.1 Å². The summed E-state index contributed by atoms with van der Waals surface area (Å²) in [5.41, 5.74) is 0.635. The summed E-state index contributed by atoms with van der Waals surface area (Å²) in [6.45, 7) is 2.60. The van der Waals surface area contributed by atoms with Crippen molar-refractivity contribution in [2.75, 3.05) is 6.54 Å². The molecule has 0 spiro atoms. The number of aryl methyl sites for hydroxylation is 2. The summed E-state index contributed by atoms with van der Waals surface area (Å²) in [6.07, 6.45) is -2.27. The van der Waals surface area contributed by atoms with Crippen molar-refractivity contribution in [3.8, 4) is 5.75 Å². The minimum absolute atomic E-state index is 0.137. The number of furan rings is 1. The van der Waals surface area contributed by atoms with Gasteiger partial charge in [0.2, 0.25) is 0 Å². The highest BCUT2D eigenvalue weighted by Gasteiger charge is 2.37. The van der Waals surface area contributed by atoms with E-state index in [9.17, 15) is 18.0 Å². The number of hydrogen-bond acceptors (Lipinski definition) is 4. The van der Waals surface area contributed by atoms with Gasteiger partial charge >= 0.3 is 6.18 Å². The van der Waals surface area contributed by atoms with Crippen molar-refractivity contribution < 1.29 is 27.1 Å². The van der Waals surface area contributed by atoms with Crippen LogP contribution in [0.4, 0.5) is 13.2 Å². The number of nitrogens with zero attached hydrogens (tertiary/aromatic N) is 2. The molecular weight excluding hydrogens is 459 g/mol. The fourth-order valence-corrected chi connectivity index (χ4v) is 3.53. The molecule has 3 aromatic rings. The number of ether oxygens (including phenoxy) is 1. The number of alkyl halides is 3. The molecule has 1 N–H and O–H groups in total. The molecule has 6 nitrogen and oxygen atoms in total. The number of amides is 1. The average Bonchev–Trinajstić information content (AvgIpc) is 3.32. The Balaban J connectivity index is 1.25. The molecule has 0 bridgehead atoms. The molecule has 2 aromatic heterocycles. The molecular formula is C23H23ClF3N3O3. The lowest BCUT2D eigenvalue weighted by Gasteiger charge is -2.08. The molecule has 1 aromatic carbocycles. The minimum atomic E-state index is -4.46. The zero-order chi connectivity index (χ0) is 23.6. The second-order valence-corrected chi connectivity index (χ2v) is 8.43. The molecule has 10 heteroatoms. The van der Waals surface area contributed by atoms with Gasteiger partial charge in [-0.15, -0.1) is 0 Å². The van der Waals surface area contributed by atoms with Gasteiger partial charge in [0.25, 0.3) is 5.91 Å². The number of nitrogens with one attached hydrogen (secondary N) is 1. The van der Waals surface area contributed by atoms with E-state index in [4.69, 9.17) is 20.8 Å². The Morgan fingerprint density at radius 2 is 2.06 bits per heavy atom. The Morgan fingerprint density at radius 1 is 1.27 bits per heavy atom. The molecule has 0 radical (unpaired) electrons. The Bertz CT molecular complexity index is 1140. The van der Waals surface area contributed by atoms with Gasteiger partial charge in [0.1, 0.15) is 18.1 Å². The fraction of sp³-hybridized carbons (Fsp3) is 0.391. The molecule has 0 saturated heterocycles. The van der Waals surface area contributed by atoms with Gasteiger partial charge in [-0.25, -0.2) is 0 Å². The first-order valence-corrected chi connectivity index (χ1v) is 11.0. The molecule has 1 fully saturated rings. The molecule has 2 heterocycles. The average molecular weight is 482 g/mol. The van der Waals surface area contributed by atoms with E-state index in [1.807, 2.05) is 13.0 Å². The summed E-state index contributed by atoms with van der Waals surface area (Å²) in [6, 6.07) is 9.64. The van der Waals surface area contributed by atoms with E-state index >= 15 is 0 Å². The largest absolute Gasteiger partial charge is 0.486 e. The Morgan fingerprint density at radius 3 is 2.76 bits per heavy atom. The van der Waals surface area contributed by atoms with Crippen molar-refractivity contribution in [2.24, 2.45) is 0 Å². The van der Waals surface area contributed by atoms with E-state index in [0.29, 0.717) is 35.2 Å². The van der Waals surface area contributed by atoms with E-state index in [0.717, 1.165) is 24.5 Å². The summed E-state index contributed by atoms with van der Waals surface area (Å²) in [5, 5.41) is 7.09. The van der Waals surface area contributed by atoms with Crippen LogP contribution in [0.15, 0.2) is 40.8 Å². The summed E-state index contributed by atoms with van der Waals surface area (Å²) in [5.74, 6) is 0.999. The highest BCUT2D eigenvalue weighted by molar-refractivity contribution is 6.31. The summed E-state index contributed by atoms with van der Waals surface area (Å²) >= 11 is 6.00. The van der Waals surface area contributed by atoms with Gasteiger partial charge in [0.05, 0.1) is 0 Å². The molecule has 1 aliphatic carbocycles. The molecule has 0 aliphatic heterocycles. The number of carbonyl (C=O) groups excluding carboxylic acids is 1. The third-order valence-electron chi connectivity index (χ3n) is 5.33. The van der Waals surface area contributed by atoms with Gasteiger partial charge in [0, 0.05) is 29.7 Å². The smallest absolute Gasteiger partial charge is 0.435 e. The normalized spacial score (nSPS) is 13.8. The zero-order valence-corrected chi connectivity index (χ0v) is 18.7. The summed E-state index contributed by atoms with van der Waals surface area (Å²) in [4.78, 5) is 12.3. The lowest BCUT2D eigenvalue weighted by molar-refractivity contribution is -0.141. The number of aromatic nitrogens is 2. The molecule has 176 valence electrons. The van der Waals surface area contributed by atoms with Crippen LogP contribution >= 0.6 is 11.6 Å². The third-order valence-corrected chi connectivity index (χ3v) is 5.75. The minimum Gasteiger partial charge on any atom is -0.486 e. The molecule has 0 atom stereocenters. The van der Waals surface area contributed by atoms with Crippen molar-refractivity contribution >= 4 is 17.5 Å². The number of halogens is 4. The van der Waals surface area contributed by atoms with Crippen LogP contribution in [0.5, 0.6) is 5.75 Å². The van der Waals surface area contributed by atoms with Crippen molar-refractivity contribution in [1.29, 1.82) is 0 Å². The van der Waals surface area contributed by atoms with Gasteiger partial charge in [-0.3, -0.25) is 9.48 Å². The van der Waals surface area contributed by atoms with E-state index in [1.165, 1.54) is 4.68 Å². The first kappa shape index (κ1) is 23.2. The molecule has 33 heavy (non-hydrogen) atoms. The summed E-state index contributed by atoms with van der Waals surface area (Å²) < 4.78 is 51.5.